The number of hydrazine groups is 1. The lowest BCUT2D eigenvalue weighted by atomic mass is 10.1. The Morgan fingerprint density at radius 2 is 2.35 bits per heavy atom. The van der Waals surface area contributed by atoms with Gasteiger partial charge in [-0.2, -0.15) is 0 Å². The SMILES string of the molecule is CN1CCCC1CCOc1cc(NN)cc([N+](=O)[O-])c1. The number of hydrogen-bond acceptors (Lipinski definition) is 6. The Morgan fingerprint density at radius 3 is 2.95 bits per heavy atom. The van der Waals surface area contributed by atoms with Gasteiger partial charge in [0.15, 0.2) is 0 Å². The number of nitrogens with zero attached hydrogens (tertiary/aromatic N) is 2. The summed E-state index contributed by atoms with van der Waals surface area (Å²) in [5, 5.41) is 10.8. The van der Waals surface area contributed by atoms with E-state index in [0.717, 1.165) is 13.0 Å². The summed E-state index contributed by atoms with van der Waals surface area (Å²) in [6.45, 7) is 1.67. The summed E-state index contributed by atoms with van der Waals surface area (Å²) in [5.74, 6) is 5.76. The molecule has 1 atom stereocenters. The molecule has 1 aliphatic rings. The van der Waals surface area contributed by atoms with Crippen LogP contribution in [0, 0.1) is 10.1 Å². The molecule has 0 aliphatic carbocycles. The fourth-order valence-corrected chi connectivity index (χ4v) is 2.51. The molecule has 0 spiro atoms. The van der Waals surface area contributed by atoms with Gasteiger partial charge in [-0.05, 0) is 32.9 Å². The van der Waals surface area contributed by atoms with E-state index < -0.39 is 4.92 Å². The number of non-ortho nitro benzene ring substituents is 1. The summed E-state index contributed by atoms with van der Waals surface area (Å²) in [7, 11) is 2.11. The van der Waals surface area contributed by atoms with E-state index in [9.17, 15) is 10.1 Å². The zero-order valence-corrected chi connectivity index (χ0v) is 11.5. The lowest BCUT2D eigenvalue weighted by molar-refractivity contribution is -0.384. The molecule has 1 saturated heterocycles. The lowest BCUT2D eigenvalue weighted by Gasteiger charge is -2.19. The predicted molar refractivity (Wildman–Crippen MR) is 76.7 cm³/mol. The monoisotopic (exact) mass is 280 g/mol. The molecule has 0 aromatic heterocycles. The van der Waals surface area contributed by atoms with E-state index in [0.29, 0.717) is 24.1 Å². The molecule has 0 radical (unpaired) electrons. The predicted octanol–water partition coefficient (Wildman–Crippen LogP) is 1.74. The highest BCUT2D eigenvalue weighted by Crippen LogP contribution is 2.26. The van der Waals surface area contributed by atoms with Crippen LogP contribution in [0.2, 0.25) is 0 Å². The molecule has 7 nitrogen and oxygen atoms in total. The Hall–Kier alpha value is -1.86. The maximum absolute atomic E-state index is 10.8. The first kappa shape index (κ1) is 14.5. The van der Waals surface area contributed by atoms with Gasteiger partial charge in [-0.15, -0.1) is 0 Å². The van der Waals surface area contributed by atoms with E-state index >= 15 is 0 Å². The molecule has 7 heteroatoms. The Kier molecular flexibility index (Phi) is 4.75. The first-order chi connectivity index (χ1) is 9.60. The highest BCUT2D eigenvalue weighted by atomic mass is 16.6. The quantitative estimate of drug-likeness (QED) is 0.468. The van der Waals surface area contributed by atoms with Crippen molar-refractivity contribution in [2.45, 2.75) is 25.3 Å². The number of nitrogens with two attached hydrogens (primary N) is 1. The Morgan fingerprint density at radius 1 is 1.55 bits per heavy atom. The molecule has 1 aromatic carbocycles. The number of benzene rings is 1. The normalized spacial score (nSPS) is 19.0. The summed E-state index contributed by atoms with van der Waals surface area (Å²) >= 11 is 0. The lowest BCUT2D eigenvalue weighted by Crippen LogP contribution is -2.26. The fourth-order valence-electron chi connectivity index (χ4n) is 2.51. The number of nitro groups is 1. The van der Waals surface area contributed by atoms with Crippen LogP contribution in [0.3, 0.4) is 0 Å². The summed E-state index contributed by atoms with van der Waals surface area (Å²) in [4.78, 5) is 12.7. The second-order valence-electron chi connectivity index (χ2n) is 5.03. The molecule has 1 aromatic rings. The van der Waals surface area contributed by atoms with Gasteiger partial charge in [0.1, 0.15) is 5.75 Å². The van der Waals surface area contributed by atoms with Crippen molar-refractivity contribution in [1.29, 1.82) is 0 Å². The highest BCUT2D eigenvalue weighted by Gasteiger charge is 2.20. The molecular formula is C13H20N4O3. The van der Waals surface area contributed by atoms with Crippen molar-refractivity contribution in [2.24, 2.45) is 5.84 Å². The first-order valence-corrected chi connectivity index (χ1v) is 6.69. The summed E-state index contributed by atoms with van der Waals surface area (Å²) in [6.07, 6.45) is 3.33. The number of hydrogen-bond donors (Lipinski definition) is 2. The smallest absolute Gasteiger partial charge is 0.275 e. The maximum Gasteiger partial charge on any atom is 0.275 e. The molecule has 1 heterocycles. The largest absolute Gasteiger partial charge is 0.493 e. The van der Waals surface area contributed by atoms with Crippen LogP contribution in [0.25, 0.3) is 0 Å². The zero-order chi connectivity index (χ0) is 14.5. The average Bonchev–Trinajstić information content (AvgIpc) is 2.84. The Bertz CT molecular complexity index is 481. The summed E-state index contributed by atoms with van der Waals surface area (Å²) in [5.41, 5.74) is 2.84. The van der Waals surface area contributed by atoms with Crippen molar-refractivity contribution in [3.63, 3.8) is 0 Å². The van der Waals surface area contributed by atoms with Crippen LogP contribution in [-0.4, -0.2) is 36.1 Å². The molecular weight excluding hydrogens is 260 g/mol. The minimum Gasteiger partial charge on any atom is -0.493 e. The van der Waals surface area contributed by atoms with Crippen molar-refractivity contribution in [3.8, 4) is 5.75 Å². The van der Waals surface area contributed by atoms with Crippen molar-refractivity contribution in [2.75, 3.05) is 25.6 Å². The van der Waals surface area contributed by atoms with Gasteiger partial charge in [-0.1, -0.05) is 0 Å². The Balaban J connectivity index is 1.94. The van der Waals surface area contributed by atoms with Gasteiger partial charge < -0.3 is 15.1 Å². The molecule has 20 heavy (non-hydrogen) atoms. The minimum absolute atomic E-state index is 0.0339. The van der Waals surface area contributed by atoms with Gasteiger partial charge in [0, 0.05) is 18.2 Å². The number of nitrogen functional groups attached to an aromatic ring is 1. The van der Waals surface area contributed by atoms with Crippen molar-refractivity contribution < 1.29 is 9.66 Å². The van der Waals surface area contributed by atoms with E-state index in [-0.39, 0.29) is 5.69 Å². The molecule has 2 rings (SSSR count). The molecule has 1 fully saturated rings. The van der Waals surface area contributed by atoms with Crippen molar-refractivity contribution >= 4 is 11.4 Å². The number of likely N-dealkylation sites (tertiary alicyclic amines) is 1. The number of rotatable bonds is 6. The number of ether oxygens (including phenoxy) is 1. The van der Waals surface area contributed by atoms with Crippen LogP contribution in [-0.2, 0) is 0 Å². The maximum atomic E-state index is 10.8. The van der Waals surface area contributed by atoms with Crippen LogP contribution in [0.1, 0.15) is 19.3 Å². The van der Waals surface area contributed by atoms with E-state index in [1.807, 2.05) is 0 Å². The molecule has 0 bridgehead atoms. The van der Waals surface area contributed by atoms with Crippen molar-refractivity contribution in [1.82, 2.24) is 4.90 Å². The zero-order valence-electron chi connectivity index (χ0n) is 11.5. The van der Waals surface area contributed by atoms with E-state index in [1.165, 1.54) is 25.0 Å². The van der Waals surface area contributed by atoms with Crippen LogP contribution >= 0.6 is 0 Å². The molecule has 0 amide bonds. The molecule has 0 saturated carbocycles. The second-order valence-corrected chi connectivity index (χ2v) is 5.03. The number of nitrogens with one attached hydrogen (secondary N) is 1. The topological polar surface area (TPSA) is 93.7 Å². The van der Waals surface area contributed by atoms with Crippen LogP contribution in [0.4, 0.5) is 11.4 Å². The van der Waals surface area contributed by atoms with Crippen LogP contribution in [0.5, 0.6) is 5.75 Å². The molecule has 1 unspecified atom stereocenters. The van der Waals surface area contributed by atoms with Gasteiger partial charge >= 0.3 is 0 Å². The average molecular weight is 280 g/mol. The van der Waals surface area contributed by atoms with Gasteiger partial charge in [-0.3, -0.25) is 16.0 Å². The third kappa shape index (κ3) is 3.58. The Labute approximate surface area is 117 Å². The fraction of sp³-hybridized carbons (Fsp3) is 0.538. The molecule has 3 N–H and O–H groups in total. The van der Waals surface area contributed by atoms with E-state index in [2.05, 4.69) is 17.4 Å². The first-order valence-electron chi connectivity index (χ1n) is 6.69. The van der Waals surface area contributed by atoms with Crippen LogP contribution in [0.15, 0.2) is 18.2 Å². The highest BCUT2D eigenvalue weighted by molar-refractivity contribution is 5.55. The third-order valence-corrected chi connectivity index (χ3v) is 3.66. The molecule has 1 aliphatic heterocycles. The third-order valence-electron chi connectivity index (χ3n) is 3.66. The molecule has 110 valence electrons. The van der Waals surface area contributed by atoms with Gasteiger partial charge in [0.25, 0.3) is 5.69 Å². The van der Waals surface area contributed by atoms with Crippen molar-refractivity contribution in [3.05, 3.63) is 28.3 Å². The second kappa shape index (κ2) is 6.53. The van der Waals surface area contributed by atoms with Crippen LogP contribution < -0.4 is 16.0 Å². The van der Waals surface area contributed by atoms with Gasteiger partial charge in [0.05, 0.1) is 23.3 Å². The van der Waals surface area contributed by atoms with E-state index in [4.69, 9.17) is 10.6 Å². The van der Waals surface area contributed by atoms with Gasteiger partial charge in [-0.25, -0.2) is 0 Å². The van der Waals surface area contributed by atoms with E-state index in [1.54, 1.807) is 6.07 Å². The van der Waals surface area contributed by atoms with Gasteiger partial charge in [0.2, 0.25) is 0 Å². The number of nitro benzene ring substituents is 1. The number of anilines is 1. The summed E-state index contributed by atoms with van der Waals surface area (Å²) in [6, 6.07) is 4.99. The summed E-state index contributed by atoms with van der Waals surface area (Å²) < 4.78 is 5.62. The standard InChI is InChI=1S/C13H20N4O3/c1-16-5-2-3-11(16)4-6-20-13-8-10(15-14)7-12(9-13)17(18)19/h7-9,11,15H,2-6,14H2,1H3. The minimum atomic E-state index is -0.460.